The summed E-state index contributed by atoms with van der Waals surface area (Å²) in [5.74, 6) is -1.46. The fraction of sp³-hybridized carbons (Fsp3) is 0.529. The van der Waals surface area contributed by atoms with Gasteiger partial charge < -0.3 is 10.0 Å². The van der Waals surface area contributed by atoms with Gasteiger partial charge in [0.15, 0.2) is 0 Å². The van der Waals surface area contributed by atoms with E-state index in [2.05, 4.69) is 0 Å². The van der Waals surface area contributed by atoms with Gasteiger partial charge in [0.25, 0.3) is 5.91 Å². The number of carbonyl (C=O) groups excluding carboxylic acids is 1. The summed E-state index contributed by atoms with van der Waals surface area (Å²) in [5.41, 5.74) is 0.642. The third-order valence-corrected chi connectivity index (χ3v) is 5.12. The largest absolute Gasteiger partial charge is 0.481 e. The van der Waals surface area contributed by atoms with Crippen molar-refractivity contribution in [3.8, 4) is 0 Å². The number of carboxylic acids is 1. The van der Waals surface area contributed by atoms with Crippen molar-refractivity contribution in [1.29, 1.82) is 0 Å². The standard InChI is InChI=1S/C17H21NO3/c1-3-17(4-2)14(16(20)21)12-7-5-6-8-13(12)15(19)18(17)11-9-10-11/h5-8,11,14H,3-4,9-10H2,1-2H3,(H,20,21). The number of rotatable bonds is 4. The molecular formula is C17H21NO3. The smallest absolute Gasteiger partial charge is 0.313 e. The summed E-state index contributed by atoms with van der Waals surface area (Å²) >= 11 is 0. The highest BCUT2D eigenvalue weighted by Crippen LogP contribution is 2.49. The van der Waals surface area contributed by atoms with Crippen LogP contribution in [0.3, 0.4) is 0 Å². The second-order valence-corrected chi connectivity index (χ2v) is 6.08. The van der Waals surface area contributed by atoms with Crippen molar-refractivity contribution < 1.29 is 14.7 Å². The number of amides is 1. The normalized spacial score (nSPS) is 23.8. The molecule has 1 unspecified atom stereocenters. The first kappa shape index (κ1) is 14.1. The zero-order valence-electron chi connectivity index (χ0n) is 12.5. The third-order valence-electron chi connectivity index (χ3n) is 5.12. The van der Waals surface area contributed by atoms with Gasteiger partial charge in [0.1, 0.15) is 5.92 Å². The Morgan fingerprint density at radius 2 is 1.90 bits per heavy atom. The van der Waals surface area contributed by atoms with Crippen LogP contribution in [-0.2, 0) is 4.79 Å². The van der Waals surface area contributed by atoms with Crippen molar-refractivity contribution in [3.63, 3.8) is 0 Å². The Hall–Kier alpha value is -1.84. The molecule has 1 aliphatic heterocycles. The second-order valence-electron chi connectivity index (χ2n) is 6.08. The van der Waals surface area contributed by atoms with E-state index in [1.54, 1.807) is 12.1 Å². The first-order chi connectivity index (χ1) is 10.1. The van der Waals surface area contributed by atoms with Crippen molar-refractivity contribution >= 4 is 11.9 Å². The molecule has 1 aliphatic carbocycles. The van der Waals surface area contributed by atoms with Gasteiger partial charge in [-0.25, -0.2) is 0 Å². The number of carbonyl (C=O) groups is 2. The quantitative estimate of drug-likeness (QED) is 0.926. The minimum atomic E-state index is -0.829. The molecule has 1 aromatic rings. The van der Waals surface area contributed by atoms with Crippen molar-refractivity contribution in [1.82, 2.24) is 4.90 Å². The zero-order chi connectivity index (χ0) is 15.2. The van der Waals surface area contributed by atoms with E-state index < -0.39 is 17.4 Å². The van der Waals surface area contributed by atoms with Gasteiger partial charge in [0.2, 0.25) is 0 Å². The van der Waals surface area contributed by atoms with Gasteiger partial charge in [0.05, 0.1) is 5.54 Å². The lowest BCUT2D eigenvalue weighted by Crippen LogP contribution is -2.60. The van der Waals surface area contributed by atoms with Crippen molar-refractivity contribution in [2.45, 2.75) is 57.0 Å². The predicted molar refractivity (Wildman–Crippen MR) is 79.3 cm³/mol. The van der Waals surface area contributed by atoms with Crippen LogP contribution in [0.2, 0.25) is 0 Å². The number of nitrogens with zero attached hydrogens (tertiary/aromatic N) is 1. The van der Waals surface area contributed by atoms with E-state index in [4.69, 9.17) is 0 Å². The Bertz CT molecular complexity index is 587. The zero-order valence-corrected chi connectivity index (χ0v) is 12.5. The molecule has 0 spiro atoms. The lowest BCUT2D eigenvalue weighted by molar-refractivity contribution is -0.143. The highest BCUT2D eigenvalue weighted by Gasteiger charge is 2.56. The van der Waals surface area contributed by atoms with Crippen molar-refractivity contribution in [2.24, 2.45) is 0 Å². The highest BCUT2D eigenvalue weighted by atomic mass is 16.4. The van der Waals surface area contributed by atoms with Crippen LogP contribution in [0.5, 0.6) is 0 Å². The Morgan fingerprint density at radius 1 is 1.29 bits per heavy atom. The molecule has 112 valence electrons. The average molecular weight is 287 g/mol. The summed E-state index contributed by atoms with van der Waals surface area (Å²) < 4.78 is 0. The molecular weight excluding hydrogens is 266 g/mol. The van der Waals surface area contributed by atoms with E-state index >= 15 is 0 Å². The Kier molecular flexibility index (Phi) is 3.27. The number of hydrogen-bond acceptors (Lipinski definition) is 2. The summed E-state index contributed by atoms with van der Waals surface area (Å²) in [6.45, 7) is 3.99. The molecule has 1 heterocycles. The first-order valence-corrected chi connectivity index (χ1v) is 7.72. The second kappa shape index (κ2) is 4.86. The van der Waals surface area contributed by atoms with E-state index in [1.165, 1.54) is 0 Å². The van der Waals surface area contributed by atoms with Gasteiger partial charge in [-0.2, -0.15) is 0 Å². The lowest BCUT2D eigenvalue weighted by atomic mass is 9.69. The summed E-state index contributed by atoms with van der Waals surface area (Å²) in [7, 11) is 0. The van der Waals surface area contributed by atoms with Crippen LogP contribution in [0.1, 0.15) is 61.4 Å². The van der Waals surface area contributed by atoms with Crippen LogP contribution in [0.25, 0.3) is 0 Å². The number of aliphatic carboxylic acids is 1. The number of hydrogen-bond donors (Lipinski definition) is 1. The molecule has 1 fully saturated rings. The van der Waals surface area contributed by atoms with Crippen LogP contribution in [-0.4, -0.2) is 33.5 Å². The van der Waals surface area contributed by atoms with Gasteiger partial charge in [-0.15, -0.1) is 0 Å². The molecule has 4 nitrogen and oxygen atoms in total. The molecule has 1 amide bonds. The molecule has 3 rings (SSSR count). The summed E-state index contributed by atoms with van der Waals surface area (Å²) in [6.07, 6.45) is 3.30. The Morgan fingerprint density at radius 3 is 2.43 bits per heavy atom. The van der Waals surface area contributed by atoms with Crippen molar-refractivity contribution in [2.75, 3.05) is 0 Å². The van der Waals surface area contributed by atoms with E-state index in [1.807, 2.05) is 30.9 Å². The topological polar surface area (TPSA) is 57.6 Å². The van der Waals surface area contributed by atoms with E-state index in [9.17, 15) is 14.7 Å². The van der Waals surface area contributed by atoms with Crippen LogP contribution in [0.4, 0.5) is 0 Å². The molecule has 0 aromatic heterocycles. The van der Waals surface area contributed by atoms with Gasteiger partial charge in [-0.1, -0.05) is 32.0 Å². The molecule has 1 aromatic carbocycles. The van der Waals surface area contributed by atoms with Crippen LogP contribution in [0.15, 0.2) is 24.3 Å². The van der Waals surface area contributed by atoms with E-state index in [0.717, 1.165) is 12.8 Å². The molecule has 0 bridgehead atoms. The SMILES string of the molecule is CCC1(CC)C(C(=O)O)c2ccccc2C(=O)N1C1CC1. The molecule has 4 heteroatoms. The molecule has 21 heavy (non-hydrogen) atoms. The van der Waals surface area contributed by atoms with Gasteiger partial charge in [-0.3, -0.25) is 9.59 Å². The molecule has 1 atom stereocenters. The number of benzene rings is 1. The molecule has 1 N–H and O–H groups in total. The fourth-order valence-electron chi connectivity index (χ4n) is 3.93. The van der Waals surface area contributed by atoms with Crippen LogP contribution < -0.4 is 0 Å². The molecule has 0 radical (unpaired) electrons. The van der Waals surface area contributed by atoms with Crippen LogP contribution >= 0.6 is 0 Å². The minimum absolute atomic E-state index is 0.00861. The molecule has 2 aliphatic rings. The van der Waals surface area contributed by atoms with Crippen LogP contribution in [0, 0.1) is 0 Å². The summed E-state index contributed by atoms with van der Waals surface area (Å²) in [6, 6.07) is 7.41. The summed E-state index contributed by atoms with van der Waals surface area (Å²) in [5, 5.41) is 9.85. The lowest BCUT2D eigenvalue weighted by Gasteiger charge is -2.51. The third kappa shape index (κ3) is 1.88. The predicted octanol–water partition coefficient (Wildman–Crippen LogP) is 3.03. The highest BCUT2D eigenvalue weighted by molar-refractivity contribution is 6.01. The number of fused-ring (bicyclic) bond motifs is 1. The number of carboxylic acid groups (broad SMARTS) is 1. The van der Waals surface area contributed by atoms with E-state index in [0.29, 0.717) is 24.0 Å². The minimum Gasteiger partial charge on any atom is -0.481 e. The maximum atomic E-state index is 12.9. The van der Waals surface area contributed by atoms with Gasteiger partial charge in [-0.05, 0) is 37.3 Å². The van der Waals surface area contributed by atoms with Gasteiger partial charge >= 0.3 is 5.97 Å². The fourth-order valence-corrected chi connectivity index (χ4v) is 3.93. The average Bonchev–Trinajstić information content (AvgIpc) is 3.30. The Labute approximate surface area is 124 Å². The molecule has 1 saturated carbocycles. The maximum absolute atomic E-state index is 12.9. The van der Waals surface area contributed by atoms with E-state index in [-0.39, 0.29) is 11.9 Å². The monoisotopic (exact) mass is 287 g/mol. The Balaban J connectivity index is 2.25. The molecule has 0 saturated heterocycles. The van der Waals surface area contributed by atoms with Crippen molar-refractivity contribution in [3.05, 3.63) is 35.4 Å². The maximum Gasteiger partial charge on any atom is 0.313 e. The van der Waals surface area contributed by atoms with Gasteiger partial charge in [0, 0.05) is 11.6 Å². The summed E-state index contributed by atoms with van der Waals surface area (Å²) in [4.78, 5) is 26.8. The first-order valence-electron chi connectivity index (χ1n) is 7.72.